The zero-order valence-electron chi connectivity index (χ0n) is 6.42. The van der Waals surface area contributed by atoms with Gasteiger partial charge in [0.05, 0.1) is 0 Å². The van der Waals surface area contributed by atoms with Crippen LogP contribution in [-0.2, 0) is 6.42 Å². The number of aliphatic hydroxyl groups is 1. The molecule has 2 heteroatoms. The molecule has 0 aliphatic carbocycles. The maximum atomic E-state index is 9.05. The van der Waals surface area contributed by atoms with Gasteiger partial charge in [-0.15, -0.1) is 0 Å². The Morgan fingerprint density at radius 2 is 2.09 bits per heavy atom. The van der Waals surface area contributed by atoms with Crippen LogP contribution in [0.5, 0.6) is 0 Å². The molecule has 1 rings (SSSR count). The van der Waals surface area contributed by atoms with Gasteiger partial charge in [-0.3, -0.25) is 0 Å². The minimum atomic E-state index is -0.427. The molecule has 0 aliphatic rings. The Labute approximate surface area is 75.2 Å². The van der Waals surface area contributed by atoms with Crippen LogP contribution in [0.25, 0.3) is 0 Å². The molecule has 1 unspecified atom stereocenters. The fourth-order valence-electron chi connectivity index (χ4n) is 1.02. The molecule has 1 atom stereocenters. The van der Waals surface area contributed by atoms with Crippen molar-refractivity contribution >= 4 is 15.9 Å². The minimum absolute atomic E-state index is 0.427. The Morgan fingerprint density at radius 3 is 2.64 bits per heavy atom. The highest BCUT2D eigenvalue weighted by Gasteiger charge is 2.01. The second-order valence-electron chi connectivity index (χ2n) is 2.57. The third-order valence-corrected chi connectivity index (χ3v) is 1.97. The molecule has 1 aromatic rings. The van der Waals surface area contributed by atoms with E-state index in [1.54, 1.807) is 0 Å². The molecule has 0 spiro atoms. The Hall–Kier alpha value is -0.340. The number of aryl methyl sites for hydroxylation is 1. The third kappa shape index (κ3) is 2.64. The zero-order valence-corrected chi connectivity index (χ0v) is 8.01. The van der Waals surface area contributed by atoms with Crippen molar-refractivity contribution in [3.63, 3.8) is 0 Å². The van der Waals surface area contributed by atoms with Crippen LogP contribution in [0.4, 0.5) is 0 Å². The first-order chi connectivity index (χ1) is 5.20. The van der Waals surface area contributed by atoms with E-state index in [1.807, 2.05) is 31.2 Å². The monoisotopic (exact) mass is 214 g/mol. The van der Waals surface area contributed by atoms with Crippen molar-refractivity contribution in [1.82, 2.24) is 0 Å². The van der Waals surface area contributed by atoms with Crippen LogP contribution >= 0.6 is 15.9 Å². The molecular weight excluding hydrogens is 204 g/mol. The van der Waals surface area contributed by atoms with E-state index in [2.05, 4.69) is 15.9 Å². The maximum Gasteiger partial charge on any atom is 0.113 e. The zero-order chi connectivity index (χ0) is 8.27. The van der Waals surface area contributed by atoms with Gasteiger partial charge in [0.15, 0.2) is 0 Å². The lowest BCUT2D eigenvalue weighted by Gasteiger charge is -2.05. The number of aliphatic hydroxyl groups excluding tert-OH is 1. The van der Waals surface area contributed by atoms with Crippen LogP contribution in [0.1, 0.15) is 11.1 Å². The first-order valence-electron chi connectivity index (χ1n) is 3.57. The average Bonchev–Trinajstić information content (AvgIpc) is 1.93. The van der Waals surface area contributed by atoms with E-state index in [4.69, 9.17) is 5.11 Å². The summed E-state index contributed by atoms with van der Waals surface area (Å²) < 4.78 is 0. The molecule has 0 bridgehead atoms. The van der Waals surface area contributed by atoms with Gasteiger partial charge in [0.1, 0.15) is 5.01 Å². The number of rotatable bonds is 2. The van der Waals surface area contributed by atoms with E-state index in [9.17, 15) is 0 Å². The Bertz CT molecular complexity index is 233. The van der Waals surface area contributed by atoms with Gasteiger partial charge in [0.2, 0.25) is 0 Å². The molecule has 0 amide bonds. The van der Waals surface area contributed by atoms with Crippen molar-refractivity contribution in [3.8, 4) is 0 Å². The summed E-state index contributed by atoms with van der Waals surface area (Å²) in [4.78, 5) is 0. The highest BCUT2D eigenvalue weighted by atomic mass is 79.9. The molecule has 0 fully saturated rings. The standard InChI is InChI=1S/C9H11BrO/c1-7-4-2-3-5-8(7)6-9(10)11/h2-5,9,11H,6H2,1H3. The molecular formula is C9H11BrO. The molecule has 0 aliphatic heterocycles. The van der Waals surface area contributed by atoms with Gasteiger partial charge in [-0.1, -0.05) is 40.2 Å². The Balaban J connectivity index is 2.78. The van der Waals surface area contributed by atoms with Crippen LogP contribution in [0.3, 0.4) is 0 Å². The number of benzene rings is 1. The topological polar surface area (TPSA) is 20.2 Å². The van der Waals surface area contributed by atoms with Gasteiger partial charge >= 0.3 is 0 Å². The predicted molar refractivity (Wildman–Crippen MR) is 49.8 cm³/mol. The largest absolute Gasteiger partial charge is 0.382 e. The summed E-state index contributed by atoms with van der Waals surface area (Å²) in [7, 11) is 0. The fourth-order valence-corrected chi connectivity index (χ4v) is 1.37. The quantitative estimate of drug-likeness (QED) is 0.750. The summed E-state index contributed by atoms with van der Waals surface area (Å²) >= 11 is 3.10. The molecule has 0 heterocycles. The molecule has 1 N–H and O–H groups in total. The van der Waals surface area contributed by atoms with Crippen LogP contribution < -0.4 is 0 Å². The molecule has 0 saturated carbocycles. The lowest BCUT2D eigenvalue weighted by Crippen LogP contribution is -2.01. The third-order valence-electron chi connectivity index (χ3n) is 1.65. The van der Waals surface area contributed by atoms with Gasteiger partial charge in [0.25, 0.3) is 0 Å². The van der Waals surface area contributed by atoms with Crippen molar-refractivity contribution in [1.29, 1.82) is 0 Å². The Morgan fingerprint density at radius 1 is 1.45 bits per heavy atom. The summed E-state index contributed by atoms with van der Waals surface area (Å²) in [5.41, 5.74) is 2.42. The average molecular weight is 215 g/mol. The molecule has 60 valence electrons. The van der Waals surface area contributed by atoms with Crippen LogP contribution in [0.15, 0.2) is 24.3 Å². The molecule has 11 heavy (non-hydrogen) atoms. The van der Waals surface area contributed by atoms with Crippen molar-refractivity contribution in [3.05, 3.63) is 35.4 Å². The fraction of sp³-hybridized carbons (Fsp3) is 0.333. The highest BCUT2D eigenvalue weighted by molar-refractivity contribution is 9.09. The predicted octanol–water partition coefficient (Wildman–Crippen LogP) is 2.25. The summed E-state index contributed by atoms with van der Waals surface area (Å²) in [5.74, 6) is 0. The molecule has 0 aromatic heterocycles. The Kier molecular flexibility index (Phi) is 3.09. The second kappa shape index (κ2) is 3.88. The minimum Gasteiger partial charge on any atom is -0.382 e. The van der Waals surface area contributed by atoms with Gasteiger partial charge in [0, 0.05) is 6.42 Å². The highest BCUT2D eigenvalue weighted by Crippen LogP contribution is 2.11. The van der Waals surface area contributed by atoms with Crippen LogP contribution in [-0.4, -0.2) is 10.1 Å². The number of hydrogen-bond acceptors (Lipinski definition) is 1. The van der Waals surface area contributed by atoms with Crippen molar-refractivity contribution < 1.29 is 5.11 Å². The summed E-state index contributed by atoms with van der Waals surface area (Å²) in [6, 6.07) is 8.06. The molecule has 1 nitrogen and oxygen atoms in total. The lowest BCUT2D eigenvalue weighted by molar-refractivity contribution is 0.271. The van der Waals surface area contributed by atoms with Gasteiger partial charge in [-0.25, -0.2) is 0 Å². The molecule has 0 radical (unpaired) electrons. The van der Waals surface area contributed by atoms with Crippen molar-refractivity contribution in [2.24, 2.45) is 0 Å². The number of halogens is 1. The van der Waals surface area contributed by atoms with E-state index in [0.717, 1.165) is 0 Å². The van der Waals surface area contributed by atoms with Gasteiger partial charge < -0.3 is 5.11 Å². The smallest absolute Gasteiger partial charge is 0.113 e. The number of alkyl halides is 1. The maximum absolute atomic E-state index is 9.05. The lowest BCUT2D eigenvalue weighted by atomic mass is 10.1. The van der Waals surface area contributed by atoms with Gasteiger partial charge in [-0.05, 0) is 18.1 Å². The van der Waals surface area contributed by atoms with Crippen molar-refractivity contribution in [2.45, 2.75) is 18.4 Å². The summed E-state index contributed by atoms with van der Waals surface area (Å²) in [6.45, 7) is 2.05. The first kappa shape index (κ1) is 8.75. The van der Waals surface area contributed by atoms with Crippen LogP contribution in [0.2, 0.25) is 0 Å². The van der Waals surface area contributed by atoms with E-state index in [-0.39, 0.29) is 0 Å². The van der Waals surface area contributed by atoms with E-state index >= 15 is 0 Å². The molecule has 0 saturated heterocycles. The molecule has 1 aromatic carbocycles. The summed E-state index contributed by atoms with van der Waals surface area (Å²) in [6.07, 6.45) is 0.673. The SMILES string of the molecule is Cc1ccccc1CC(O)Br. The number of hydrogen-bond donors (Lipinski definition) is 1. The summed E-state index contributed by atoms with van der Waals surface area (Å²) in [5, 5.41) is 8.62. The second-order valence-corrected chi connectivity index (χ2v) is 3.62. The van der Waals surface area contributed by atoms with E-state index < -0.39 is 5.01 Å². The normalized spacial score (nSPS) is 13.0. The van der Waals surface area contributed by atoms with E-state index in [1.165, 1.54) is 11.1 Å². The van der Waals surface area contributed by atoms with Gasteiger partial charge in [-0.2, -0.15) is 0 Å². The van der Waals surface area contributed by atoms with Crippen LogP contribution in [0, 0.1) is 6.92 Å². The van der Waals surface area contributed by atoms with Crippen molar-refractivity contribution in [2.75, 3.05) is 0 Å². The first-order valence-corrected chi connectivity index (χ1v) is 4.48. The van der Waals surface area contributed by atoms with E-state index in [0.29, 0.717) is 6.42 Å².